The molecule has 0 saturated heterocycles. The topological polar surface area (TPSA) is 63.6 Å². The molecule has 4 nitrogen and oxygen atoms in total. The summed E-state index contributed by atoms with van der Waals surface area (Å²) in [4.78, 5) is 24.9. The van der Waals surface area contributed by atoms with Crippen molar-refractivity contribution >= 4 is 11.6 Å². The van der Waals surface area contributed by atoms with Crippen LogP contribution in [0.5, 0.6) is 5.75 Å². The van der Waals surface area contributed by atoms with Crippen LogP contribution >= 0.6 is 0 Å². The molecule has 0 radical (unpaired) electrons. The molecule has 4 heteroatoms. The summed E-state index contributed by atoms with van der Waals surface area (Å²) in [5.41, 5.74) is 1.34. The summed E-state index contributed by atoms with van der Waals surface area (Å²) in [6, 6.07) is 4.59. The lowest BCUT2D eigenvalue weighted by Crippen LogP contribution is -2.36. The van der Waals surface area contributed by atoms with E-state index < -0.39 is 6.10 Å². The zero-order chi connectivity index (χ0) is 13.7. The largest absolute Gasteiger partial charge is 0.507 e. The highest BCUT2D eigenvalue weighted by atomic mass is 16.5. The van der Waals surface area contributed by atoms with E-state index >= 15 is 0 Å². The van der Waals surface area contributed by atoms with Crippen molar-refractivity contribution in [3.63, 3.8) is 0 Å². The number of fused-ring (bicyclic) bond motifs is 1. The first-order valence-corrected chi connectivity index (χ1v) is 6.30. The number of benzene rings is 1. The molecule has 0 fully saturated rings. The first kappa shape index (κ1) is 12.1. The summed E-state index contributed by atoms with van der Waals surface area (Å²) in [6.07, 6.45) is -0.0494. The maximum Gasteiger partial charge on any atom is 0.196 e. The lowest BCUT2D eigenvalue weighted by Gasteiger charge is -2.32. The number of rotatable bonds is 0. The molecule has 1 aliphatic carbocycles. The van der Waals surface area contributed by atoms with Gasteiger partial charge in [0.2, 0.25) is 0 Å². The van der Waals surface area contributed by atoms with Crippen LogP contribution in [0.25, 0.3) is 0 Å². The summed E-state index contributed by atoms with van der Waals surface area (Å²) in [7, 11) is 0. The average Bonchev–Trinajstić information content (AvgIpc) is 2.34. The van der Waals surface area contributed by atoms with E-state index in [9.17, 15) is 14.7 Å². The molecule has 1 aliphatic heterocycles. The second-order valence-electron chi connectivity index (χ2n) is 5.04. The van der Waals surface area contributed by atoms with Crippen LogP contribution in [-0.4, -0.2) is 28.9 Å². The molecule has 0 bridgehead atoms. The fourth-order valence-electron chi connectivity index (χ4n) is 2.91. The van der Waals surface area contributed by atoms with Crippen molar-refractivity contribution in [1.29, 1.82) is 0 Å². The Bertz CT molecular complexity index is 627. The van der Waals surface area contributed by atoms with Crippen molar-refractivity contribution in [3.8, 4) is 5.75 Å². The smallest absolute Gasteiger partial charge is 0.196 e. The minimum atomic E-state index is -0.414. The van der Waals surface area contributed by atoms with E-state index in [1.807, 2.05) is 6.92 Å². The molecule has 0 saturated carbocycles. The Hall–Kier alpha value is -1.94. The number of ether oxygens (including phenoxy) is 1. The van der Waals surface area contributed by atoms with Gasteiger partial charge in [0.15, 0.2) is 11.6 Å². The van der Waals surface area contributed by atoms with Crippen molar-refractivity contribution in [2.24, 2.45) is 0 Å². The van der Waals surface area contributed by atoms with E-state index in [0.717, 1.165) is 0 Å². The van der Waals surface area contributed by atoms with Crippen LogP contribution in [-0.2, 0) is 4.74 Å². The van der Waals surface area contributed by atoms with E-state index in [1.54, 1.807) is 19.1 Å². The molecule has 0 amide bonds. The number of phenols is 1. The zero-order valence-electron chi connectivity index (χ0n) is 10.8. The number of carbonyl (C=O) groups excluding carboxylic acids is 2. The van der Waals surface area contributed by atoms with Gasteiger partial charge in [-0.1, -0.05) is 12.1 Å². The van der Waals surface area contributed by atoms with Gasteiger partial charge in [0.1, 0.15) is 5.75 Å². The Labute approximate surface area is 110 Å². The summed E-state index contributed by atoms with van der Waals surface area (Å²) < 4.78 is 5.62. The Balaban J connectivity index is 2.24. The number of hydrogen-bond donors (Lipinski definition) is 1. The molecule has 3 rings (SSSR count). The van der Waals surface area contributed by atoms with Gasteiger partial charge in [-0.25, -0.2) is 0 Å². The Morgan fingerprint density at radius 2 is 1.95 bits per heavy atom. The lowest BCUT2D eigenvalue weighted by atomic mass is 9.78. The third-order valence-electron chi connectivity index (χ3n) is 3.69. The van der Waals surface area contributed by atoms with Crippen LogP contribution in [0.4, 0.5) is 0 Å². The maximum atomic E-state index is 12.5. The average molecular weight is 258 g/mol. The van der Waals surface area contributed by atoms with Crippen LogP contribution in [0.3, 0.4) is 0 Å². The van der Waals surface area contributed by atoms with E-state index in [0.29, 0.717) is 23.1 Å². The van der Waals surface area contributed by atoms with Crippen molar-refractivity contribution in [2.75, 3.05) is 0 Å². The van der Waals surface area contributed by atoms with Crippen molar-refractivity contribution in [1.82, 2.24) is 0 Å². The summed E-state index contributed by atoms with van der Waals surface area (Å²) >= 11 is 0. The fourth-order valence-corrected chi connectivity index (χ4v) is 2.91. The second kappa shape index (κ2) is 4.03. The van der Waals surface area contributed by atoms with Crippen molar-refractivity contribution < 1.29 is 19.4 Å². The summed E-state index contributed by atoms with van der Waals surface area (Å²) in [5, 5.41) is 9.84. The lowest BCUT2D eigenvalue weighted by molar-refractivity contribution is 0.0148. The van der Waals surface area contributed by atoms with Gasteiger partial charge < -0.3 is 9.84 Å². The molecule has 2 aliphatic rings. The van der Waals surface area contributed by atoms with E-state index in [-0.39, 0.29) is 29.0 Å². The van der Waals surface area contributed by atoms with Gasteiger partial charge in [0.25, 0.3) is 0 Å². The van der Waals surface area contributed by atoms with Gasteiger partial charge in [-0.15, -0.1) is 0 Å². The van der Waals surface area contributed by atoms with E-state index in [2.05, 4.69) is 0 Å². The highest BCUT2D eigenvalue weighted by Gasteiger charge is 2.39. The van der Waals surface area contributed by atoms with Crippen LogP contribution in [0.15, 0.2) is 29.3 Å². The Morgan fingerprint density at radius 1 is 1.21 bits per heavy atom. The van der Waals surface area contributed by atoms with Crippen LogP contribution in [0.2, 0.25) is 0 Å². The molecule has 1 aromatic rings. The van der Waals surface area contributed by atoms with Crippen LogP contribution in [0, 0.1) is 0 Å². The number of ketones is 2. The summed E-state index contributed by atoms with van der Waals surface area (Å²) in [5.74, 6) is -0.599. The molecular formula is C15H14O4. The molecule has 0 unspecified atom stereocenters. The SMILES string of the molecule is C[C@H]1CC2=C(C(=O)c3c(O)cccc3C2=O)[C@@H](C)O1. The van der Waals surface area contributed by atoms with Gasteiger partial charge >= 0.3 is 0 Å². The maximum absolute atomic E-state index is 12.5. The monoisotopic (exact) mass is 258 g/mol. The normalized spacial score (nSPS) is 26.2. The van der Waals surface area contributed by atoms with Gasteiger partial charge in [-0.3, -0.25) is 9.59 Å². The predicted molar refractivity (Wildman–Crippen MR) is 68.4 cm³/mol. The quantitative estimate of drug-likeness (QED) is 0.775. The molecular weight excluding hydrogens is 244 g/mol. The molecule has 1 heterocycles. The Kier molecular flexibility index (Phi) is 2.57. The van der Waals surface area contributed by atoms with Crippen LogP contribution in [0.1, 0.15) is 41.0 Å². The second-order valence-corrected chi connectivity index (χ2v) is 5.04. The Morgan fingerprint density at radius 3 is 2.68 bits per heavy atom. The highest BCUT2D eigenvalue weighted by Crippen LogP contribution is 2.38. The van der Waals surface area contributed by atoms with Crippen LogP contribution < -0.4 is 0 Å². The van der Waals surface area contributed by atoms with Crippen molar-refractivity contribution in [3.05, 3.63) is 40.5 Å². The third kappa shape index (κ3) is 1.64. The number of hydrogen-bond acceptors (Lipinski definition) is 4. The number of phenolic OH excluding ortho intramolecular Hbond substituents is 1. The van der Waals surface area contributed by atoms with Gasteiger partial charge in [-0.2, -0.15) is 0 Å². The standard InChI is InChI=1S/C15H14O4/c1-7-6-10-12(8(2)19-7)15(18)13-9(14(10)17)4-3-5-11(13)16/h3-5,7-8,16H,6H2,1-2H3/t7-,8+/m0/s1. The molecule has 0 spiro atoms. The minimum absolute atomic E-state index is 0.0793. The molecule has 1 aromatic carbocycles. The predicted octanol–water partition coefficient (Wildman–Crippen LogP) is 2.27. The first-order chi connectivity index (χ1) is 9.00. The zero-order valence-corrected chi connectivity index (χ0v) is 10.8. The highest BCUT2D eigenvalue weighted by molar-refractivity contribution is 6.28. The number of carbonyl (C=O) groups is 2. The molecule has 0 aromatic heterocycles. The van der Waals surface area contributed by atoms with Gasteiger partial charge in [-0.05, 0) is 19.9 Å². The molecule has 19 heavy (non-hydrogen) atoms. The van der Waals surface area contributed by atoms with E-state index in [4.69, 9.17) is 4.74 Å². The van der Waals surface area contributed by atoms with Gasteiger partial charge in [0, 0.05) is 23.1 Å². The first-order valence-electron chi connectivity index (χ1n) is 6.30. The fraction of sp³-hybridized carbons (Fsp3) is 0.333. The minimum Gasteiger partial charge on any atom is -0.507 e. The number of aromatic hydroxyl groups is 1. The van der Waals surface area contributed by atoms with E-state index in [1.165, 1.54) is 6.07 Å². The number of Topliss-reactive ketones (excluding diaryl/α,β-unsaturated/α-hetero) is 2. The van der Waals surface area contributed by atoms with Gasteiger partial charge in [0.05, 0.1) is 17.8 Å². The molecule has 2 atom stereocenters. The molecule has 1 N–H and O–H groups in total. The third-order valence-corrected chi connectivity index (χ3v) is 3.69. The molecule has 98 valence electrons. The van der Waals surface area contributed by atoms with Crippen molar-refractivity contribution in [2.45, 2.75) is 32.5 Å². The summed E-state index contributed by atoms with van der Waals surface area (Å²) in [6.45, 7) is 3.65.